The third kappa shape index (κ3) is 1.34. The standard InChI is InChI=1S/C13H16O5/c1-5-11(15)10-9(13(16)18-5)6-3-4-7(14)8(6)12(10)17-2/h5-6,8,11-12,15H,3-4H2,1-2H3/t5-,6+,8+,11-,12-/m1/s1. The molecule has 3 aliphatic rings. The molecular weight excluding hydrogens is 236 g/mol. The fourth-order valence-electron chi connectivity index (χ4n) is 3.55. The molecule has 2 aliphatic carbocycles. The number of esters is 1. The fourth-order valence-corrected chi connectivity index (χ4v) is 3.55. The Hall–Kier alpha value is -1.20. The Morgan fingerprint density at radius 1 is 1.39 bits per heavy atom. The molecule has 0 radical (unpaired) electrons. The summed E-state index contributed by atoms with van der Waals surface area (Å²) in [6.45, 7) is 1.65. The minimum atomic E-state index is -0.860. The van der Waals surface area contributed by atoms with Gasteiger partial charge in [-0.3, -0.25) is 4.79 Å². The van der Waals surface area contributed by atoms with Crippen molar-refractivity contribution in [3.8, 4) is 0 Å². The van der Waals surface area contributed by atoms with E-state index in [9.17, 15) is 14.7 Å². The van der Waals surface area contributed by atoms with Gasteiger partial charge >= 0.3 is 5.97 Å². The van der Waals surface area contributed by atoms with Crippen LogP contribution in [0.1, 0.15) is 19.8 Å². The Morgan fingerprint density at radius 3 is 2.78 bits per heavy atom. The van der Waals surface area contributed by atoms with Crippen LogP contribution in [0.25, 0.3) is 0 Å². The van der Waals surface area contributed by atoms with Crippen LogP contribution in [-0.4, -0.2) is 42.3 Å². The third-order valence-electron chi connectivity index (χ3n) is 4.35. The number of aliphatic hydroxyl groups is 1. The van der Waals surface area contributed by atoms with Crippen molar-refractivity contribution in [3.63, 3.8) is 0 Å². The largest absolute Gasteiger partial charge is 0.456 e. The highest BCUT2D eigenvalue weighted by atomic mass is 16.6. The molecule has 5 atom stereocenters. The average molecular weight is 252 g/mol. The van der Waals surface area contributed by atoms with Gasteiger partial charge in [0.05, 0.1) is 12.0 Å². The van der Waals surface area contributed by atoms with Crippen LogP contribution in [-0.2, 0) is 19.1 Å². The van der Waals surface area contributed by atoms with Gasteiger partial charge in [-0.1, -0.05) is 0 Å². The number of ether oxygens (including phenoxy) is 2. The monoisotopic (exact) mass is 252 g/mol. The maximum atomic E-state index is 12.0. The van der Waals surface area contributed by atoms with E-state index >= 15 is 0 Å². The summed E-state index contributed by atoms with van der Waals surface area (Å²) >= 11 is 0. The molecule has 0 bridgehead atoms. The summed E-state index contributed by atoms with van der Waals surface area (Å²) in [6, 6.07) is 0. The Balaban J connectivity index is 2.10. The molecule has 1 saturated carbocycles. The predicted molar refractivity (Wildman–Crippen MR) is 60.6 cm³/mol. The first-order valence-electron chi connectivity index (χ1n) is 6.24. The molecule has 0 saturated heterocycles. The smallest absolute Gasteiger partial charge is 0.334 e. The summed E-state index contributed by atoms with van der Waals surface area (Å²) in [5, 5.41) is 10.2. The Morgan fingerprint density at radius 2 is 2.11 bits per heavy atom. The molecule has 1 heterocycles. The van der Waals surface area contributed by atoms with Crippen molar-refractivity contribution in [2.75, 3.05) is 7.11 Å². The maximum Gasteiger partial charge on any atom is 0.334 e. The Labute approximate surface area is 105 Å². The number of cyclic esters (lactones) is 1. The van der Waals surface area contributed by atoms with Crippen molar-refractivity contribution in [3.05, 3.63) is 11.1 Å². The molecule has 1 aliphatic heterocycles. The van der Waals surface area contributed by atoms with E-state index in [2.05, 4.69) is 0 Å². The summed E-state index contributed by atoms with van der Waals surface area (Å²) in [4.78, 5) is 23.9. The molecule has 98 valence electrons. The van der Waals surface area contributed by atoms with E-state index in [-0.39, 0.29) is 17.6 Å². The number of carbonyl (C=O) groups excluding carboxylic acids is 2. The van der Waals surface area contributed by atoms with E-state index < -0.39 is 24.3 Å². The van der Waals surface area contributed by atoms with Crippen LogP contribution < -0.4 is 0 Å². The topological polar surface area (TPSA) is 72.8 Å². The molecular formula is C13H16O5. The maximum absolute atomic E-state index is 12.0. The van der Waals surface area contributed by atoms with Crippen LogP contribution in [0.15, 0.2) is 11.1 Å². The first-order valence-corrected chi connectivity index (χ1v) is 6.24. The highest BCUT2D eigenvalue weighted by molar-refractivity contribution is 5.97. The van der Waals surface area contributed by atoms with Crippen LogP contribution in [0.5, 0.6) is 0 Å². The number of carbonyl (C=O) groups is 2. The molecule has 0 aromatic carbocycles. The second-order valence-corrected chi connectivity index (χ2v) is 5.22. The van der Waals surface area contributed by atoms with Crippen LogP contribution in [0.2, 0.25) is 0 Å². The summed E-state index contributed by atoms with van der Waals surface area (Å²) in [5.41, 5.74) is 1.06. The summed E-state index contributed by atoms with van der Waals surface area (Å²) in [5.74, 6) is -0.722. The lowest BCUT2D eigenvalue weighted by Crippen LogP contribution is -2.40. The fraction of sp³-hybridized carbons (Fsp3) is 0.692. The average Bonchev–Trinajstić information content (AvgIpc) is 2.85. The highest BCUT2D eigenvalue weighted by Gasteiger charge is 2.56. The van der Waals surface area contributed by atoms with Crippen LogP contribution in [0.4, 0.5) is 0 Å². The van der Waals surface area contributed by atoms with Crippen molar-refractivity contribution in [2.24, 2.45) is 11.8 Å². The van der Waals surface area contributed by atoms with E-state index in [0.29, 0.717) is 24.0 Å². The number of hydrogen-bond acceptors (Lipinski definition) is 5. The van der Waals surface area contributed by atoms with Gasteiger partial charge in [-0.25, -0.2) is 4.79 Å². The third-order valence-corrected chi connectivity index (χ3v) is 4.35. The first-order chi connectivity index (χ1) is 8.56. The van der Waals surface area contributed by atoms with Crippen molar-refractivity contribution in [1.29, 1.82) is 0 Å². The van der Waals surface area contributed by atoms with E-state index in [0.717, 1.165) is 0 Å². The molecule has 0 aromatic heterocycles. The molecule has 5 heteroatoms. The van der Waals surface area contributed by atoms with E-state index in [1.54, 1.807) is 6.92 Å². The molecule has 18 heavy (non-hydrogen) atoms. The number of fused-ring (bicyclic) bond motifs is 2. The minimum absolute atomic E-state index is 0.119. The van der Waals surface area contributed by atoms with Gasteiger partial charge in [-0.05, 0) is 13.3 Å². The number of aliphatic hydroxyl groups excluding tert-OH is 1. The zero-order valence-electron chi connectivity index (χ0n) is 10.4. The molecule has 0 amide bonds. The van der Waals surface area contributed by atoms with Gasteiger partial charge < -0.3 is 14.6 Å². The van der Waals surface area contributed by atoms with Gasteiger partial charge in [0, 0.05) is 30.6 Å². The Bertz CT molecular complexity index is 452. The van der Waals surface area contributed by atoms with Gasteiger partial charge in [-0.2, -0.15) is 0 Å². The molecule has 0 unspecified atom stereocenters. The molecule has 1 N–H and O–H groups in total. The SMILES string of the molecule is CO[C@H]1C2=C(C(=O)O[C@H](C)[C@H]2O)[C@H]2CCC(=O)[C@H]21. The second kappa shape index (κ2) is 3.90. The summed E-state index contributed by atoms with van der Waals surface area (Å²) < 4.78 is 10.5. The molecule has 3 rings (SSSR count). The second-order valence-electron chi connectivity index (χ2n) is 5.22. The lowest BCUT2D eigenvalue weighted by Gasteiger charge is -2.30. The summed E-state index contributed by atoms with van der Waals surface area (Å²) in [7, 11) is 1.51. The first kappa shape index (κ1) is 11.9. The minimum Gasteiger partial charge on any atom is -0.456 e. The Kier molecular flexibility index (Phi) is 2.57. The van der Waals surface area contributed by atoms with Gasteiger partial charge in [0.25, 0.3) is 0 Å². The predicted octanol–water partition coefficient (Wildman–Crippen LogP) is 0.213. The lowest BCUT2D eigenvalue weighted by atomic mass is 9.93. The van der Waals surface area contributed by atoms with Crippen molar-refractivity contribution < 1.29 is 24.2 Å². The number of methoxy groups -OCH3 is 1. The normalized spacial score (nSPS) is 42.9. The van der Waals surface area contributed by atoms with E-state index in [4.69, 9.17) is 9.47 Å². The summed E-state index contributed by atoms with van der Waals surface area (Å²) in [6.07, 6.45) is -0.780. The highest BCUT2D eigenvalue weighted by Crippen LogP contribution is 2.50. The number of hydrogen-bond donors (Lipinski definition) is 1. The zero-order valence-corrected chi connectivity index (χ0v) is 10.4. The van der Waals surface area contributed by atoms with E-state index in [1.165, 1.54) is 7.11 Å². The quantitative estimate of drug-likeness (QED) is 0.675. The van der Waals surface area contributed by atoms with Crippen LogP contribution in [0.3, 0.4) is 0 Å². The van der Waals surface area contributed by atoms with Gasteiger partial charge in [0.1, 0.15) is 18.0 Å². The van der Waals surface area contributed by atoms with Crippen molar-refractivity contribution in [2.45, 2.75) is 38.1 Å². The van der Waals surface area contributed by atoms with Gasteiger partial charge in [-0.15, -0.1) is 0 Å². The van der Waals surface area contributed by atoms with Crippen molar-refractivity contribution in [1.82, 2.24) is 0 Å². The number of ketones is 1. The van der Waals surface area contributed by atoms with Crippen LogP contribution >= 0.6 is 0 Å². The van der Waals surface area contributed by atoms with Gasteiger partial charge in [0.15, 0.2) is 0 Å². The van der Waals surface area contributed by atoms with Gasteiger partial charge in [0.2, 0.25) is 0 Å². The number of Topliss-reactive ketones (excluding diaryl/α,β-unsaturated/α-hetero) is 1. The molecule has 1 fully saturated rings. The molecule has 5 nitrogen and oxygen atoms in total. The molecule has 0 aromatic rings. The zero-order chi connectivity index (χ0) is 13.0. The lowest BCUT2D eigenvalue weighted by molar-refractivity contribution is -0.151. The van der Waals surface area contributed by atoms with E-state index in [1.807, 2.05) is 0 Å². The van der Waals surface area contributed by atoms with Crippen molar-refractivity contribution >= 4 is 11.8 Å². The molecule has 0 spiro atoms. The number of rotatable bonds is 1. The van der Waals surface area contributed by atoms with Crippen LogP contribution in [0, 0.1) is 11.8 Å².